The van der Waals surface area contributed by atoms with Crippen LogP contribution in [0.25, 0.3) is 22.8 Å². The summed E-state index contributed by atoms with van der Waals surface area (Å²) in [5, 5.41) is 5.01. The van der Waals surface area contributed by atoms with Crippen LogP contribution in [0.5, 0.6) is 5.75 Å². The fourth-order valence-corrected chi connectivity index (χ4v) is 4.03. The monoisotopic (exact) mass is 503 g/mol. The minimum absolute atomic E-state index is 0.00561. The Bertz CT molecular complexity index is 1220. The number of benzene rings is 2. The van der Waals surface area contributed by atoms with Crippen molar-refractivity contribution < 1.29 is 23.6 Å². The van der Waals surface area contributed by atoms with Crippen LogP contribution in [-0.2, 0) is 20.9 Å². The largest absolute Gasteiger partial charge is 0.489 e. The van der Waals surface area contributed by atoms with E-state index in [2.05, 4.69) is 19.8 Å². The lowest BCUT2D eigenvalue weighted by Crippen LogP contribution is -2.50. The molecule has 1 fully saturated rings. The lowest BCUT2D eigenvalue weighted by atomic mass is 9.99. The molecular weight excluding hydrogens is 481 g/mol. The summed E-state index contributed by atoms with van der Waals surface area (Å²) in [6.07, 6.45) is 0.00561. The van der Waals surface area contributed by atoms with Gasteiger partial charge in [0.25, 0.3) is 5.89 Å². The molecule has 0 radical (unpaired) electrons. The summed E-state index contributed by atoms with van der Waals surface area (Å²) < 4.78 is 15.8. The molecule has 0 saturated carbocycles. The zero-order valence-electron chi connectivity index (χ0n) is 18.9. The molecule has 0 N–H and O–H groups in total. The van der Waals surface area contributed by atoms with Crippen molar-refractivity contribution in [1.29, 1.82) is 0 Å². The number of hydrogen-bond acceptors (Lipinski definition) is 8. The lowest BCUT2D eigenvalue weighted by Gasteiger charge is -2.37. The molecule has 0 spiro atoms. The van der Waals surface area contributed by atoms with Crippen LogP contribution < -0.4 is 4.74 Å². The Hall–Kier alpha value is -2.94. The van der Waals surface area contributed by atoms with Gasteiger partial charge in [-0.3, -0.25) is 14.5 Å². The highest BCUT2D eigenvalue weighted by Gasteiger charge is 2.34. The number of nitrogens with zero attached hydrogens (tertiary/aromatic N) is 3. The molecular formula is C24H23Cl2N3O5. The molecule has 34 heavy (non-hydrogen) atoms. The Labute approximate surface area is 206 Å². The first-order chi connectivity index (χ1) is 16.2. The fraction of sp³-hybridized carbons (Fsp3) is 0.333. The fourth-order valence-electron chi connectivity index (χ4n) is 3.61. The molecule has 1 aliphatic heterocycles. The van der Waals surface area contributed by atoms with Crippen LogP contribution in [0.2, 0.25) is 10.0 Å². The third kappa shape index (κ3) is 5.58. The maximum absolute atomic E-state index is 11.8. The molecule has 0 amide bonds. The normalized spacial score (nSPS) is 14.2. The minimum atomic E-state index is -0.591. The molecule has 3 aromatic rings. The molecule has 0 unspecified atom stereocenters. The molecule has 2 heterocycles. The summed E-state index contributed by atoms with van der Waals surface area (Å²) in [7, 11) is 0. The van der Waals surface area contributed by atoms with E-state index in [0.29, 0.717) is 52.4 Å². The summed E-state index contributed by atoms with van der Waals surface area (Å²) in [6, 6.07) is 10.9. The predicted octanol–water partition coefficient (Wildman–Crippen LogP) is 5.02. The maximum atomic E-state index is 11.8. The van der Waals surface area contributed by atoms with Crippen molar-refractivity contribution in [3.8, 4) is 28.6 Å². The van der Waals surface area contributed by atoms with Gasteiger partial charge in [0, 0.05) is 32.1 Å². The quantitative estimate of drug-likeness (QED) is 0.327. The number of rotatable bonds is 7. The van der Waals surface area contributed by atoms with Crippen LogP contribution in [0.1, 0.15) is 26.3 Å². The average Bonchev–Trinajstić information content (AvgIpc) is 3.22. The Kier molecular flexibility index (Phi) is 7.21. The molecule has 0 aliphatic carbocycles. The Morgan fingerprint density at radius 3 is 2.59 bits per heavy atom. The second-order valence-electron chi connectivity index (χ2n) is 8.35. The van der Waals surface area contributed by atoms with Crippen molar-refractivity contribution in [2.75, 3.05) is 13.1 Å². The number of esters is 2. The first kappa shape index (κ1) is 24.2. The van der Waals surface area contributed by atoms with Crippen molar-refractivity contribution in [2.24, 2.45) is 5.92 Å². The third-order valence-corrected chi connectivity index (χ3v) is 5.81. The van der Waals surface area contributed by atoms with E-state index in [9.17, 15) is 9.59 Å². The Morgan fingerprint density at radius 2 is 1.91 bits per heavy atom. The van der Waals surface area contributed by atoms with Gasteiger partial charge in [-0.1, -0.05) is 34.4 Å². The van der Waals surface area contributed by atoms with Crippen LogP contribution in [0, 0.1) is 5.92 Å². The second-order valence-corrected chi connectivity index (χ2v) is 9.17. The number of carbonyl (C=O) groups excluding carboxylic acids is 2. The van der Waals surface area contributed by atoms with E-state index < -0.39 is 11.9 Å². The van der Waals surface area contributed by atoms with Gasteiger partial charge in [0.2, 0.25) is 5.82 Å². The van der Waals surface area contributed by atoms with E-state index in [1.165, 1.54) is 6.92 Å². The average molecular weight is 504 g/mol. The Morgan fingerprint density at radius 1 is 1.15 bits per heavy atom. The minimum Gasteiger partial charge on any atom is -0.489 e. The van der Waals surface area contributed by atoms with Gasteiger partial charge >= 0.3 is 11.9 Å². The molecule has 1 saturated heterocycles. The van der Waals surface area contributed by atoms with Gasteiger partial charge in [0.15, 0.2) is 0 Å². The van der Waals surface area contributed by atoms with Crippen LogP contribution in [0.3, 0.4) is 0 Å². The van der Waals surface area contributed by atoms with Gasteiger partial charge in [-0.25, -0.2) is 0 Å². The summed E-state index contributed by atoms with van der Waals surface area (Å²) in [5.74, 6) is -0.119. The van der Waals surface area contributed by atoms with Crippen LogP contribution in [0.4, 0.5) is 0 Å². The number of aromatic nitrogens is 2. The summed E-state index contributed by atoms with van der Waals surface area (Å²) in [5.41, 5.74) is 2.26. The predicted molar refractivity (Wildman–Crippen MR) is 126 cm³/mol. The van der Waals surface area contributed by atoms with E-state index in [1.807, 2.05) is 32.0 Å². The van der Waals surface area contributed by atoms with Gasteiger partial charge in [-0.15, -0.1) is 0 Å². The van der Waals surface area contributed by atoms with Crippen molar-refractivity contribution >= 4 is 35.1 Å². The van der Waals surface area contributed by atoms with Crippen molar-refractivity contribution in [3.05, 3.63) is 52.0 Å². The molecule has 10 heteroatoms. The summed E-state index contributed by atoms with van der Waals surface area (Å²) in [4.78, 5) is 29.3. The number of halogens is 2. The topological polar surface area (TPSA) is 94.8 Å². The second kappa shape index (κ2) is 10.1. The zero-order valence-corrected chi connectivity index (χ0v) is 20.4. The maximum Gasteiger partial charge on any atom is 0.319 e. The van der Waals surface area contributed by atoms with E-state index in [1.54, 1.807) is 18.2 Å². The first-order valence-electron chi connectivity index (χ1n) is 10.7. The van der Waals surface area contributed by atoms with Crippen LogP contribution in [-0.4, -0.2) is 46.2 Å². The molecule has 8 nitrogen and oxygen atoms in total. The molecule has 178 valence electrons. The molecule has 4 rings (SSSR count). The highest BCUT2D eigenvalue weighted by Crippen LogP contribution is 2.33. The number of ether oxygens (including phenoxy) is 2. The van der Waals surface area contributed by atoms with Crippen LogP contribution in [0.15, 0.2) is 40.9 Å². The van der Waals surface area contributed by atoms with Gasteiger partial charge < -0.3 is 14.0 Å². The van der Waals surface area contributed by atoms with Gasteiger partial charge in [-0.05, 0) is 49.7 Å². The number of likely N-dealkylation sites (tertiary alicyclic amines) is 1. The summed E-state index contributed by atoms with van der Waals surface area (Å²) in [6.45, 7) is 6.71. The number of hydrogen-bond donors (Lipinski definition) is 0. The van der Waals surface area contributed by atoms with Crippen molar-refractivity contribution in [3.63, 3.8) is 0 Å². The standard InChI is InChI=1S/C24H23Cl2N3O5/c1-13(2)32-21-7-5-16(9-20(21)26)22-27-23(34-28-22)18-8-15(4-6-19(18)25)10-29-11-17(12-29)24(31)33-14(3)30/h4-9,13,17H,10-12H2,1-3H3. The molecule has 0 bridgehead atoms. The molecule has 1 aromatic heterocycles. The van der Waals surface area contributed by atoms with E-state index in [-0.39, 0.29) is 17.9 Å². The lowest BCUT2D eigenvalue weighted by molar-refractivity contribution is -0.165. The number of carbonyl (C=O) groups is 2. The van der Waals surface area contributed by atoms with Crippen molar-refractivity contribution in [2.45, 2.75) is 33.4 Å². The Balaban J connectivity index is 1.46. The van der Waals surface area contributed by atoms with E-state index in [0.717, 1.165) is 5.56 Å². The van der Waals surface area contributed by atoms with E-state index in [4.69, 9.17) is 32.5 Å². The van der Waals surface area contributed by atoms with Gasteiger partial charge in [0.1, 0.15) is 5.75 Å². The highest BCUT2D eigenvalue weighted by atomic mass is 35.5. The highest BCUT2D eigenvalue weighted by molar-refractivity contribution is 6.33. The van der Waals surface area contributed by atoms with Gasteiger partial charge in [0.05, 0.1) is 27.6 Å². The van der Waals surface area contributed by atoms with Gasteiger partial charge in [-0.2, -0.15) is 4.98 Å². The zero-order chi connectivity index (χ0) is 24.4. The van der Waals surface area contributed by atoms with Crippen LogP contribution >= 0.6 is 23.2 Å². The SMILES string of the molecule is CC(=O)OC(=O)C1CN(Cc2ccc(Cl)c(-c3nc(-c4ccc(OC(C)C)c(Cl)c4)no3)c2)C1. The smallest absolute Gasteiger partial charge is 0.319 e. The third-order valence-electron chi connectivity index (χ3n) is 5.18. The first-order valence-corrected chi connectivity index (χ1v) is 11.5. The summed E-state index contributed by atoms with van der Waals surface area (Å²) >= 11 is 12.7. The van der Waals surface area contributed by atoms with Crippen molar-refractivity contribution in [1.82, 2.24) is 15.0 Å². The molecule has 1 aliphatic rings. The van der Waals surface area contributed by atoms with E-state index >= 15 is 0 Å². The molecule has 2 aromatic carbocycles. The molecule has 0 atom stereocenters.